The number of hydrogen-bond donors (Lipinski definition) is 0. The molecule has 1 fully saturated rings. The molecular weight excluding hydrogens is 148 g/mol. The Kier molecular flexibility index (Phi) is 2.50. The zero-order chi connectivity index (χ0) is 9.41. The van der Waals surface area contributed by atoms with E-state index in [9.17, 15) is 0 Å². The van der Waals surface area contributed by atoms with Crippen molar-refractivity contribution >= 4 is 0 Å². The van der Waals surface area contributed by atoms with Crippen molar-refractivity contribution in [2.45, 2.75) is 33.2 Å². The highest BCUT2D eigenvalue weighted by Gasteiger charge is 2.48. The van der Waals surface area contributed by atoms with E-state index in [1.807, 2.05) is 0 Å². The van der Waals surface area contributed by atoms with Gasteiger partial charge < -0.3 is 4.48 Å². The Morgan fingerprint density at radius 3 is 1.92 bits per heavy atom. The van der Waals surface area contributed by atoms with E-state index < -0.39 is 0 Å². The van der Waals surface area contributed by atoms with Gasteiger partial charge in [0.25, 0.3) is 0 Å². The molecule has 0 saturated carbocycles. The molecule has 0 unspecified atom stereocenters. The average Bonchev–Trinajstić information content (AvgIpc) is 2.20. The smallest absolute Gasteiger partial charge is 0.135 e. The monoisotopic (exact) mass is 171 g/mol. The summed E-state index contributed by atoms with van der Waals surface area (Å²) in [7, 11) is 2.23. The van der Waals surface area contributed by atoms with Crippen LogP contribution in [-0.4, -0.2) is 48.3 Å². The normalized spacial score (nSPS) is 27.8. The van der Waals surface area contributed by atoms with E-state index in [2.05, 4.69) is 39.6 Å². The van der Waals surface area contributed by atoms with Gasteiger partial charge >= 0.3 is 0 Å². The molecule has 0 N–H and O–H groups in total. The van der Waals surface area contributed by atoms with Crippen LogP contribution < -0.4 is 0 Å². The maximum atomic E-state index is 2.45. The summed E-state index contributed by atoms with van der Waals surface area (Å²) in [5.41, 5.74) is 0.443. The number of likely N-dealkylation sites (N-methyl/N-ethyl adjacent to an activating group) is 2. The van der Waals surface area contributed by atoms with Crippen molar-refractivity contribution in [3.8, 4) is 0 Å². The standard InChI is InChI=1S/C10H23N2/c1-6-12(7-2)9-11(5)8-10(12,3)4/h6-9H2,1-5H3/q+1. The first-order valence-electron chi connectivity index (χ1n) is 5.02. The molecule has 0 aromatic rings. The molecule has 1 heterocycles. The van der Waals surface area contributed by atoms with Crippen LogP contribution in [0.4, 0.5) is 0 Å². The lowest BCUT2D eigenvalue weighted by molar-refractivity contribution is -0.959. The van der Waals surface area contributed by atoms with Crippen LogP contribution in [0.15, 0.2) is 0 Å². The van der Waals surface area contributed by atoms with Crippen LogP contribution in [0.2, 0.25) is 0 Å². The van der Waals surface area contributed by atoms with Gasteiger partial charge in [0.05, 0.1) is 19.6 Å². The zero-order valence-corrected chi connectivity index (χ0v) is 9.22. The highest BCUT2D eigenvalue weighted by molar-refractivity contribution is 4.79. The third-order valence-electron chi connectivity index (χ3n) is 3.66. The molecule has 2 heteroatoms. The summed E-state index contributed by atoms with van der Waals surface area (Å²) in [6.45, 7) is 14.4. The minimum Gasteiger partial charge on any atom is -0.306 e. The third kappa shape index (κ3) is 1.27. The summed E-state index contributed by atoms with van der Waals surface area (Å²) >= 11 is 0. The fraction of sp³-hybridized carbons (Fsp3) is 1.00. The first kappa shape index (κ1) is 10.0. The molecule has 1 saturated heterocycles. The molecule has 0 aromatic heterocycles. The van der Waals surface area contributed by atoms with Gasteiger partial charge in [0.15, 0.2) is 0 Å². The van der Waals surface area contributed by atoms with Crippen LogP contribution in [0, 0.1) is 0 Å². The zero-order valence-electron chi connectivity index (χ0n) is 9.22. The van der Waals surface area contributed by atoms with E-state index in [1.54, 1.807) is 0 Å². The molecule has 0 radical (unpaired) electrons. The van der Waals surface area contributed by atoms with Gasteiger partial charge in [-0.3, -0.25) is 4.90 Å². The van der Waals surface area contributed by atoms with E-state index in [0.717, 1.165) is 0 Å². The van der Waals surface area contributed by atoms with Crippen molar-refractivity contribution in [3.63, 3.8) is 0 Å². The van der Waals surface area contributed by atoms with Gasteiger partial charge in [-0.1, -0.05) is 0 Å². The average molecular weight is 171 g/mol. The van der Waals surface area contributed by atoms with Gasteiger partial charge in [0, 0.05) is 0 Å². The number of quaternary nitrogens is 1. The predicted molar refractivity (Wildman–Crippen MR) is 52.9 cm³/mol. The van der Waals surface area contributed by atoms with E-state index in [4.69, 9.17) is 0 Å². The second kappa shape index (κ2) is 3.00. The summed E-state index contributed by atoms with van der Waals surface area (Å²) < 4.78 is 1.25. The van der Waals surface area contributed by atoms with Crippen molar-refractivity contribution < 1.29 is 4.48 Å². The molecule has 72 valence electrons. The second-order valence-corrected chi connectivity index (χ2v) is 4.75. The fourth-order valence-electron chi connectivity index (χ4n) is 2.79. The Balaban J connectivity index is 2.87. The maximum Gasteiger partial charge on any atom is 0.135 e. The predicted octanol–water partition coefficient (Wildman–Crippen LogP) is 1.52. The molecule has 12 heavy (non-hydrogen) atoms. The Labute approximate surface area is 76.7 Å². The Bertz CT molecular complexity index is 159. The van der Waals surface area contributed by atoms with E-state index in [1.165, 1.54) is 30.8 Å². The lowest BCUT2D eigenvalue weighted by Crippen LogP contribution is -2.58. The van der Waals surface area contributed by atoms with E-state index >= 15 is 0 Å². The van der Waals surface area contributed by atoms with Crippen LogP contribution in [0.25, 0.3) is 0 Å². The number of nitrogens with zero attached hydrogens (tertiary/aromatic N) is 2. The van der Waals surface area contributed by atoms with Crippen LogP contribution >= 0.6 is 0 Å². The minimum atomic E-state index is 0.443. The van der Waals surface area contributed by atoms with E-state index in [-0.39, 0.29) is 0 Å². The van der Waals surface area contributed by atoms with Gasteiger partial charge in [-0.2, -0.15) is 0 Å². The van der Waals surface area contributed by atoms with E-state index in [0.29, 0.717) is 5.54 Å². The quantitative estimate of drug-likeness (QED) is 0.569. The summed E-state index contributed by atoms with van der Waals surface area (Å²) in [6, 6.07) is 0. The Morgan fingerprint density at radius 1 is 1.25 bits per heavy atom. The topological polar surface area (TPSA) is 3.24 Å². The summed E-state index contributed by atoms with van der Waals surface area (Å²) in [5.74, 6) is 0. The fourth-order valence-corrected chi connectivity index (χ4v) is 2.79. The molecule has 0 aliphatic carbocycles. The van der Waals surface area contributed by atoms with Gasteiger partial charge in [-0.15, -0.1) is 0 Å². The molecule has 2 nitrogen and oxygen atoms in total. The van der Waals surface area contributed by atoms with Crippen LogP contribution in [0.1, 0.15) is 27.7 Å². The van der Waals surface area contributed by atoms with Crippen molar-refractivity contribution in [3.05, 3.63) is 0 Å². The number of hydrogen-bond acceptors (Lipinski definition) is 1. The second-order valence-electron chi connectivity index (χ2n) is 4.75. The highest BCUT2D eigenvalue weighted by atomic mass is 15.5. The first-order valence-corrected chi connectivity index (χ1v) is 5.02. The minimum absolute atomic E-state index is 0.443. The SMILES string of the molecule is CC[N+]1(CC)CN(C)CC1(C)C. The summed E-state index contributed by atoms with van der Waals surface area (Å²) in [4.78, 5) is 2.45. The van der Waals surface area contributed by atoms with Crippen molar-refractivity contribution in [1.29, 1.82) is 0 Å². The molecule has 0 aromatic carbocycles. The Morgan fingerprint density at radius 2 is 1.75 bits per heavy atom. The molecule has 0 atom stereocenters. The van der Waals surface area contributed by atoms with Crippen molar-refractivity contribution in [1.82, 2.24) is 4.90 Å². The van der Waals surface area contributed by atoms with Crippen molar-refractivity contribution in [2.75, 3.05) is 33.4 Å². The van der Waals surface area contributed by atoms with Crippen LogP contribution in [0.5, 0.6) is 0 Å². The molecular formula is C10H23N2+. The lowest BCUT2D eigenvalue weighted by Gasteiger charge is -2.43. The molecule has 0 amide bonds. The molecule has 1 rings (SSSR count). The Hall–Kier alpha value is -0.0800. The maximum absolute atomic E-state index is 2.45. The van der Waals surface area contributed by atoms with Gasteiger partial charge in [0.2, 0.25) is 0 Å². The summed E-state index contributed by atoms with van der Waals surface area (Å²) in [5, 5.41) is 0. The highest BCUT2D eigenvalue weighted by Crippen LogP contribution is 2.31. The molecule has 1 aliphatic heterocycles. The van der Waals surface area contributed by atoms with Gasteiger partial charge in [-0.25, -0.2) is 0 Å². The summed E-state index contributed by atoms with van der Waals surface area (Å²) in [6.07, 6.45) is 0. The van der Waals surface area contributed by atoms with Crippen LogP contribution in [-0.2, 0) is 0 Å². The molecule has 0 bridgehead atoms. The van der Waals surface area contributed by atoms with Gasteiger partial charge in [-0.05, 0) is 34.7 Å². The largest absolute Gasteiger partial charge is 0.306 e. The molecule has 0 spiro atoms. The third-order valence-corrected chi connectivity index (χ3v) is 3.66. The lowest BCUT2D eigenvalue weighted by atomic mass is 10.0. The van der Waals surface area contributed by atoms with Crippen LogP contribution in [0.3, 0.4) is 0 Å². The molecule has 1 aliphatic rings. The first-order chi connectivity index (χ1) is 5.47. The number of rotatable bonds is 2. The van der Waals surface area contributed by atoms with Gasteiger partial charge in [0.1, 0.15) is 12.2 Å². The van der Waals surface area contributed by atoms with Crippen molar-refractivity contribution in [2.24, 2.45) is 0 Å².